The number of amides is 3. The standard InChI is InChI=1S/C20H19FN2O2/c1-14-19(16-8-4-3-5-9-16)23(20(25)22(14)2)18(24)12-11-15-7-6-10-17(21)13-15/h3-14,19H,1-2H3/b12-11+/t14-,19-/m1/s1. The molecular weight excluding hydrogens is 319 g/mol. The van der Waals surface area contributed by atoms with E-state index in [0.717, 1.165) is 5.56 Å². The fourth-order valence-corrected chi connectivity index (χ4v) is 3.06. The van der Waals surface area contributed by atoms with Gasteiger partial charge in [-0.1, -0.05) is 42.5 Å². The molecule has 1 saturated heterocycles. The van der Waals surface area contributed by atoms with Crippen LogP contribution in [0.25, 0.3) is 6.08 Å². The Morgan fingerprint density at radius 1 is 1.12 bits per heavy atom. The summed E-state index contributed by atoms with van der Waals surface area (Å²) in [6.45, 7) is 1.92. The average Bonchev–Trinajstić information content (AvgIpc) is 2.85. The van der Waals surface area contributed by atoms with Crippen molar-refractivity contribution in [3.8, 4) is 0 Å². The van der Waals surface area contributed by atoms with E-state index in [1.54, 1.807) is 24.1 Å². The van der Waals surface area contributed by atoms with Crippen LogP contribution in [0.4, 0.5) is 9.18 Å². The average molecular weight is 338 g/mol. The molecule has 3 amide bonds. The van der Waals surface area contributed by atoms with Crippen molar-refractivity contribution in [1.29, 1.82) is 0 Å². The van der Waals surface area contributed by atoms with E-state index in [4.69, 9.17) is 0 Å². The van der Waals surface area contributed by atoms with Crippen LogP contribution in [0.3, 0.4) is 0 Å². The van der Waals surface area contributed by atoms with Gasteiger partial charge in [0.2, 0.25) is 0 Å². The third-order valence-corrected chi connectivity index (χ3v) is 4.50. The number of urea groups is 1. The molecule has 0 N–H and O–H groups in total. The number of imide groups is 1. The van der Waals surface area contributed by atoms with Gasteiger partial charge in [-0.2, -0.15) is 0 Å². The lowest BCUT2D eigenvalue weighted by atomic mass is 10.0. The van der Waals surface area contributed by atoms with Crippen molar-refractivity contribution in [2.75, 3.05) is 7.05 Å². The smallest absolute Gasteiger partial charge is 0.322 e. The van der Waals surface area contributed by atoms with Crippen LogP contribution < -0.4 is 0 Å². The highest BCUT2D eigenvalue weighted by atomic mass is 19.1. The predicted molar refractivity (Wildman–Crippen MR) is 94.1 cm³/mol. The Bertz CT molecular complexity index is 819. The van der Waals surface area contributed by atoms with Gasteiger partial charge < -0.3 is 4.90 Å². The molecule has 1 aliphatic rings. The molecule has 4 nitrogen and oxygen atoms in total. The van der Waals surface area contributed by atoms with Gasteiger partial charge in [-0.15, -0.1) is 0 Å². The second-order valence-corrected chi connectivity index (χ2v) is 6.09. The van der Waals surface area contributed by atoms with E-state index in [0.29, 0.717) is 5.56 Å². The summed E-state index contributed by atoms with van der Waals surface area (Å²) in [6.07, 6.45) is 2.83. The van der Waals surface area contributed by atoms with Crippen molar-refractivity contribution in [3.05, 3.63) is 77.6 Å². The minimum absolute atomic E-state index is 0.138. The largest absolute Gasteiger partial charge is 0.327 e. The maximum atomic E-state index is 13.3. The topological polar surface area (TPSA) is 40.6 Å². The molecule has 2 atom stereocenters. The Labute approximate surface area is 146 Å². The van der Waals surface area contributed by atoms with Crippen molar-refractivity contribution < 1.29 is 14.0 Å². The Morgan fingerprint density at radius 3 is 2.52 bits per heavy atom. The molecule has 2 aromatic carbocycles. The Hall–Kier alpha value is -2.95. The number of halogens is 1. The molecule has 1 heterocycles. The van der Waals surface area contributed by atoms with Crippen LogP contribution >= 0.6 is 0 Å². The van der Waals surface area contributed by atoms with E-state index in [-0.39, 0.29) is 23.9 Å². The minimum Gasteiger partial charge on any atom is -0.322 e. The number of hydrogen-bond donors (Lipinski definition) is 0. The lowest BCUT2D eigenvalue weighted by Crippen LogP contribution is -2.35. The van der Waals surface area contributed by atoms with E-state index in [9.17, 15) is 14.0 Å². The molecule has 1 aliphatic heterocycles. The van der Waals surface area contributed by atoms with Crippen molar-refractivity contribution in [3.63, 3.8) is 0 Å². The van der Waals surface area contributed by atoms with Gasteiger partial charge in [-0.05, 0) is 36.3 Å². The zero-order valence-corrected chi connectivity index (χ0v) is 14.1. The molecule has 128 valence electrons. The van der Waals surface area contributed by atoms with Crippen LogP contribution in [-0.4, -0.2) is 34.8 Å². The van der Waals surface area contributed by atoms with Crippen LogP contribution in [0.5, 0.6) is 0 Å². The number of likely N-dealkylation sites (N-methyl/N-ethyl adjacent to an activating group) is 1. The first-order valence-corrected chi connectivity index (χ1v) is 8.07. The number of carbonyl (C=O) groups is 2. The number of hydrogen-bond acceptors (Lipinski definition) is 2. The van der Waals surface area contributed by atoms with Gasteiger partial charge >= 0.3 is 6.03 Å². The molecule has 2 aromatic rings. The van der Waals surface area contributed by atoms with Crippen LogP contribution in [0.1, 0.15) is 24.1 Å². The van der Waals surface area contributed by atoms with Gasteiger partial charge in [-0.3, -0.25) is 9.69 Å². The lowest BCUT2D eigenvalue weighted by Gasteiger charge is -2.23. The Morgan fingerprint density at radius 2 is 1.84 bits per heavy atom. The van der Waals surface area contributed by atoms with Gasteiger partial charge in [0.25, 0.3) is 5.91 Å². The second kappa shape index (κ2) is 6.89. The highest BCUT2D eigenvalue weighted by Gasteiger charge is 2.44. The molecule has 0 aliphatic carbocycles. The SMILES string of the molecule is C[C@@H]1[C@H](c2ccccc2)N(C(=O)/C=C/c2cccc(F)c2)C(=O)N1C. The molecule has 0 bridgehead atoms. The highest BCUT2D eigenvalue weighted by molar-refractivity contribution is 6.04. The Kier molecular flexibility index (Phi) is 4.65. The lowest BCUT2D eigenvalue weighted by molar-refractivity contribution is -0.124. The van der Waals surface area contributed by atoms with Gasteiger partial charge in [0.05, 0.1) is 12.1 Å². The molecule has 0 unspecified atom stereocenters. The van der Waals surface area contributed by atoms with Crippen molar-refractivity contribution >= 4 is 18.0 Å². The van der Waals surface area contributed by atoms with Crippen LogP contribution in [0.15, 0.2) is 60.7 Å². The number of carbonyl (C=O) groups excluding carboxylic acids is 2. The Balaban J connectivity index is 1.89. The molecule has 0 spiro atoms. The summed E-state index contributed by atoms with van der Waals surface area (Å²) < 4.78 is 13.3. The number of benzene rings is 2. The summed E-state index contributed by atoms with van der Waals surface area (Å²) in [5, 5.41) is 0. The fourth-order valence-electron chi connectivity index (χ4n) is 3.06. The molecule has 5 heteroatoms. The molecule has 0 saturated carbocycles. The predicted octanol–water partition coefficient (Wildman–Crippen LogP) is 3.86. The normalized spacial score (nSPS) is 20.5. The van der Waals surface area contributed by atoms with E-state index in [1.807, 2.05) is 37.3 Å². The maximum absolute atomic E-state index is 13.3. The molecule has 1 fully saturated rings. The van der Waals surface area contributed by atoms with E-state index in [2.05, 4.69) is 0 Å². The molecule has 0 radical (unpaired) electrons. The second-order valence-electron chi connectivity index (χ2n) is 6.09. The van der Waals surface area contributed by atoms with Gasteiger partial charge in [-0.25, -0.2) is 9.18 Å². The summed E-state index contributed by atoms with van der Waals surface area (Å²) in [6, 6.07) is 14.6. The van der Waals surface area contributed by atoms with Crippen molar-refractivity contribution in [2.45, 2.75) is 19.0 Å². The minimum atomic E-state index is -0.417. The summed E-state index contributed by atoms with van der Waals surface area (Å²) in [7, 11) is 1.69. The summed E-state index contributed by atoms with van der Waals surface area (Å²) in [5.74, 6) is -0.790. The van der Waals surface area contributed by atoms with Crippen molar-refractivity contribution in [2.24, 2.45) is 0 Å². The number of rotatable bonds is 3. The highest BCUT2D eigenvalue weighted by Crippen LogP contribution is 2.34. The van der Waals surface area contributed by atoms with Crippen LogP contribution in [0, 0.1) is 5.82 Å². The van der Waals surface area contributed by atoms with Crippen LogP contribution in [-0.2, 0) is 4.79 Å². The zero-order valence-electron chi connectivity index (χ0n) is 14.1. The first-order valence-electron chi connectivity index (χ1n) is 8.07. The molecular formula is C20H19FN2O2. The van der Waals surface area contributed by atoms with E-state index in [1.165, 1.54) is 29.2 Å². The first-order chi connectivity index (χ1) is 12.0. The van der Waals surface area contributed by atoms with E-state index < -0.39 is 5.91 Å². The third-order valence-electron chi connectivity index (χ3n) is 4.50. The maximum Gasteiger partial charge on any atom is 0.327 e. The summed E-state index contributed by atoms with van der Waals surface area (Å²) >= 11 is 0. The van der Waals surface area contributed by atoms with E-state index >= 15 is 0 Å². The zero-order chi connectivity index (χ0) is 18.0. The van der Waals surface area contributed by atoms with Gasteiger partial charge in [0.15, 0.2) is 0 Å². The fraction of sp³-hybridized carbons (Fsp3) is 0.200. The quantitative estimate of drug-likeness (QED) is 0.797. The molecule has 25 heavy (non-hydrogen) atoms. The number of nitrogens with zero attached hydrogens (tertiary/aromatic N) is 2. The summed E-state index contributed by atoms with van der Waals surface area (Å²) in [4.78, 5) is 28.1. The van der Waals surface area contributed by atoms with Gasteiger partial charge in [0.1, 0.15) is 5.82 Å². The van der Waals surface area contributed by atoms with Crippen LogP contribution in [0.2, 0.25) is 0 Å². The van der Waals surface area contributed by atoms with Crippen molar-refractivity contribution in [1.82, 2.24) is 9.80 Å². The first kappa shape index (κ1) is 16.9. The molecule has 0 aromatic heterocycles. The summed E-state index contributed by atoms with van der Waals surface area (Å²) in [5.41, 5.74) is 1.47. The third kappa shape index (κ3) is 3.31. The monoisotopic (exact) mass is 338 g/mol. The molecule has 3 rings (SSSR count). The van der Waals surface area contributed by atoms with Gasteiger partial charge in [0, 0.05) is 13.1 Å².